The van der Waals surface area contributed by atoms with Crippen LogP contribution >= 0.6 is 0 Å². The molecule has 0 aromatic rings. The standard InChI is InChI=1S/C15H26O/c1-3-5-6-7-8-9-10-11-12-13-15-14(4-2)16-15/h10-15H,3-9H2,1-2H3/b11-10-,13-12+/t14-,15-/m1/s1. The van der Waals surface area contributed by atoms with Gasteiger partial charge in [0.2, 0.25) is 0 Å². The van der Waals surface area contributed by atoms with E-state index in [1.165, 1.54) is 38.5 Å². The summed E-state index contributed by atoms with van der Waals surface area (Å²) >= 11 is 0. The normalized spacial score (nSPS) is 24.6. The van der Waals surface area contributed by atoms with Crippen molar-refractivity contribution in [3.05, 3.63) is 24.3 Å². The minimum atomic E-state index is 0.402. The molecule has 1 fully saturated rings. The van der Waals surface area contributed by atoms with Gasteiger partial charge in [0.15, 0.2) is 0 Å². The minimum absolute atomic E-state index is 0.402. The fraction of sp³-hybridized carbons (Fsp3) is 0.733. The summed E-state index contributed by atoms with van der Waals surface area (Å²) in [6.45, 7) is 4.43. The van der Waals surface area contributed by atoms with Crippen LogP contribution in [-0.4, -0.2) is 12.2 Å². The molecule has 1 rings (SSSR count). The third-order valence-corrected chi connectivity index (χ3v) is 3.05. The van der Waals surface area contributed by atoms with Gasteiger partial charge in [0.05, 0.1) is 6.10 Å². The number of rotatable bonds is 9. The first kappa shape index (κ1) is 13.5. The van der Waals surface area contributed by atoms with Crippen molar-refractivity contribution in [3.8, 4) is 0 Å². The van der Waals surface area contributed by atoms with Gasteiger partial charge in [0.1, 0.15) is 6.10 Å². The van der Waals surface area contributed by atoms with Crippen molar-refractivity contribution in [1.82, 2.24) is 0 Å². The highest BCUT2D eigenvalue weighted by molar-refractivity contribution is 5.10. The van der Waals surface area contributed by atoms with Crippen LogP contribution < -0.4 is 0 Å². The molecule has 2 atom stereocenters. The number of allylic oxidation sites excluding steroid dienone is 3. The summed E-state index contributed by atoms with van der Waals surface area (Å²) in [7, 11) is 0. The summed E-state index contributed by atoms with van der Waals surface area (Å²) in [6, 6.07) is 0. The molecule has 92 valence electrons. The second-order valence-electron chi connectivity index (χ2n) is 4.56. The zero-order valence-corrected chi connectivity index (χ0v) is 10.8. The Balaban J connectivity index is 1.89. The van der Waals surface area contributed by atoms with Gasteiger partial charge in [-0.05, 0) is 19.3 Å². The Labute approximate surface area is 101 Å². The molecule has 0 unspecified atom stereocenters. The van der Waals surface area contributed by atoms with Crippen LogP contribution in [0.1, 0.15) is 58.8 Å². The average Bonchev–Trinajstić information content (AvgIpc) is 3.05. The van der Waals surface area contributed by atoms with E-state index in [0.717, 1.165) is 6.42 Å². The van der Waals surface area contributed by atoms with Crippen molar-refractivity contribution in [1.29, 1.82) is 0 Å². The lowest BCUT2D eigenvalue weighted by atomic mass is 10.1. The Morgan fingerprint density at radius 2 is 1.81 bits per heavy atom. The van der Waals surface area contributed by atoms with Crippen LogP contribution in [0, 0.1) is 0 Å². The maximum atomic E-state index is 5.42. The van der Waals surface area contributed by atoms with Gasteiger partial charge < -0.3 is 4.74 Å². The molecule has 1 nitrogen and oxygen atoms in total. The molecular weight excluding hydrogens is 196 g/mol. The molecule has 0 N–H and O–H groups in total. The summed E-state index contributed by atoms with van der Waals surface area (Å²) < 4.78 is 5.42. The van der Waals surface area contributed by atoms with E-state index < -0.39 is 0 Å². The quantitative estimate of drug-likeness (QED) is 0.314. The molecular formula is C15H26O. The Bertz CT molecular complexity index is 217. The molecule has 0 saturated carbocycles. The maximum absolute atomic E-state index is 5.42. The van der Waals surface area contributed by atoms with Gasteiger partial charge in [-0.1, -0.05) is 63.8 Å². The zero-order chi connectivity index (χ0) is 11.6. The van der Waals surface area contributed by atoms with Gasteiger partial charge in [-0.25, -0.2) is 0 Å². The van der Waals surface area contributed by atoms with Crippen molar-refractivity contribution in [2.45, 2.75) is 71.0 Å². The Morgan fingerprint density at radius 3 is 2.50 bits per heavy atom. The summed E-state index contributed by atoms with van der Waals surface area (Å²) in [6.07, 6.45) is 18.8. The number of hydrogen-bond donors (Lipinski definition) is 0. The van der Waals surface area contributed by atoms with Gasteiger partial charge in [0, 0.05) is 0 Å². The van der Waals surface area contributed by atoms with Gasteiger partial charge >= 0.3 is 0 Å². The van der Waals surface area contributed by atoms with E-state index in [0.29, 0.717) is 12.2 Å². The molecule has 0 bridgehead atoms. The lowest BCUT2D eigenvalue weighted by Crippen LogP contribution is -1.85. The highest BCUT2D eigenvalue weighted by atomic mass is 16.6. The minimum Gasteiger partial charge on any atom is -0.365 e. The first-order chi connectivity index (χ1) is 7.88. The molecule has 0 radical (unpaired) electrons. The van der Waals surface area contributed by atoms with Crippen LogP contribution in [0.3, 0.4) is 0 Å². The molecule has 0 aliphatic carbocycles. The molecule has 0 spiro atoms. The molecule has 0 amide bonds. The van der Waals surface area contributed by atoms with Crippen molar-refractivity contribution < 1.29 is 4.74 Å². The summed E-state index contributed by atoms with van der Waals surface area (Å²) in [5.41, 5.74) is 0. The summed E-state index contributed by atoms with van der Waals surface area (Å²) in [5, 5.41) is 0. The topological polar surface area (TPSA) is 12.5 Å². The van der Waals surface area contributed by atoms with E-state index in [-0.39, 0.29) is 0 Å². The van der Waals surface area contributed by atoms with E-state index in [1.807, 2.05) is 0 Å². The number of ether oxygens (including phenoxy) is 1. The second kappa shape index (κ2) is 8.58. The highest BCUT2D eigenvalue weighted by Gasteiger charge is 2.33. The van der Waals surface area contributed by atoms with E-state index >= 15 is 0 Å². The fourth-order valence-corrected chi connectivity index (χ4v) is 1.87. The predicted molar refractivity (Wildman–Crippen MR) is 70.6 cm³/mol. The number of hydrogen-bond acceptors (Lipinski definition) is 1. The van der Waals surface area contributed by atoms with Gasteiger partial charge in [-0.15, -0.1) is 0 Å². The third kappa shape index (κ3) is 6.12. The second-order valence-corrected chi connectivity index (χ2v) is 4.56. The summed E-state index contributed by atoms with van der Waals surface area (Å²) in [4.78, 5) is 0. The van der Waals surface area contributed by atoms with E-state index in [4.69, 9.17) is 4.74 Å². The van der Waals surface area contributed by atoms with Crippen LogP contribution in [0.4, 0.5) is 0 Å². The van der Waals surface area contributed by atoms with Gasteiger partial charge in [-0.3, -0.25) is 0 Å². The number of unbranched alkanes of at least 4 members (excludes halogenated alkanes) is 5. The van der Waals surface area contributed by atoms with E-state index in [1.54, 1.807) is 0 Å². The molecule has 1 heterocycles. The lowest BCUT2D eigenvalue weighted by molar-refractivity contribution is 0.384. The van der Waals surface area contributed by atoms with Crippen LogP contribution in [0.5, 0.6) is 0 Å². The van der Waals surface area contributed by atoms with Crippen LogP contribution in [0.15, 0.2) is 24.3 Å². The SMILES string of the molecule is CCCCCCC/C=C\C=C\[C@H]1O[C@@H]1CC. The molecule has 1 aliphatic rings. The molecule has 1 saturated heterocycles. The van der Waals surface area contributed by atoms with Crippen molar-refractivity contribution in [3.63, 3.8) is 0 Å². The smallest absolute Gasteiger partial charge is 0.103 e. The zero-order valence-electron chi connectivity index (χ0n) is 10.8. The first-order valence-corrected chi connectivity index (χ1v) is 6.87. The molecule has 0 aromatic carbocycles. The Kier molecular flexibility index (Phi) is 7.24. The third-order valence-electron chi connectivity index (χ3n) is 3.05. The largest absolute Gasteiger partial charge is 0.365 e. The highest BCUT2D eigenvalue weighted by Crippen LogP contribution is 2.25. The molecule has 0 aromatic heterocycles. The Morgan fingerprint density at radius 1 is 1.00 bits per heavy atom. The van der Waals surface area contributed by atoms with Crippen molar-refractivity contribution in [2.75, 3.05) is 0 Å². The van der Waals surface area contributed by atoms with Gasteiger partial charge in [0.25, 0.3) is 0 Å². The number of epoxide rings is 1. The summed E-state index contributed by atoms with van der Waals surface area (Å²) in [5.74, 6) is 0. The van der Waals surface area contributed by atoms with E-state index in [2.05, 4.69) is 38.2 Å². The van der Waals surface area contributed by atoms with Crippen LogP contribution in [-0.2, 0) is 4.74 Å². The fourth-order valence-electron chi connectivity index (χ4n) is 1.87. The predicted octanol–water partition coefficient (Wildman–Crippen LogP) is 4.64. The van der Waals surface area contributed by atoms with Gasteiger partial charge in [-0.2, -0.15) is 0 Å². The Hall–Kier alpha value is -0.560. The van der Waals surface area contributed by atoms with Crippen LogP contribution in [0.25, 0.3) is 0 Å². The van der Waals surface area contributed by atoms with E-state index in [9.17, 15) is 0 Å². The van der Waals surface area contributed by atoms with Crippen molar-refractivity contribution in [2.24, 2.45) is 0 Å². The maximum Gasteiger partial charge on any atom is 0.103 e. The molecule has 1 heteroatoms. The van der Waals surface area contributed by atoms with Crippen LogP contribution in [0.2, 0.25) is 0 Å². The lowest BCUT2D eigenvalue weighted by Gasteiger charge is -1.95. The molecule has 1 aliphatic heterocycles. The van der Waals surface area contributed by atoms with Crippen molar-refractivity contribution >= 4 is 0 Å². The average molecular weight is 222 g/mol. The molecule has 16 heavy (non-hydrogen) atoms. The first-order valence-electron chi connectivity index (χ1n) is 6.87. The monoisotopic (exact) mass is 222 g/mol.